The molecule has 0 aliphatic heterocycles. The summed E-state index contributed by atoms with van der Waals surface area (Å²) >= 11 is 0. The van der Waals surface area contributed by atoms with Crippen LogP contribution in [0.15, 0.2) is 66.9 Å². The molecular formula is C23H22N2O2. The number of benzene rings is 3. The summed E-state index contributed by atoms with van der Waals surface area (Å²) < 4.78 is 7.43. The van der Waals surface area contributed by atoms with E-state index in [1.165, 1.54) is 0 Å². The monoisotopic (exact) mass is 358 g/mol. The zero-order valence-corrected chi connectivity index (χ0v) is 15.4. The van der Waals surface area contributed by atoms with Gasteiger partial charge in [0, 0.05) is 28.4 Å². The zero-order chi connectivity index (χ0) is 19.0. The maximum Gasteiger partial charge on any atom is 0.119 e. The smallest absolute Gasteiger partial charge is 0.119 e. The van der Waals surface area contributed by atoms with Crippen LogP contribution in [0.3, 0.4) is 0 Å². The van der Waals surface area contributed by atoms with E-state index in [9.17, 15) is 5.11 Å². The fraction of sp³-hybridized carbons (Fsp3) is 0.130. The Bertz CT molecular complexity index is 1130. The molecule has 0 radical (unpaired) electrons. The third-order valence-corrected chi connectivity index (χ3v) is 5.09. The fourth-order valence-electron chi connectivity index (χ4n) is 3.59. The molecule has 0 fully saturated rings. The van der Waals surface area contributed by atoms with Gasteiger partial charge in [0.15, 0.2) is 0 Å². The lowest BCUT2D eigenvalue weighted by Gasteiger charge is -2.12. The molecule has 4 nitrogen and oxygen atoms in total. The Balaban J connectivity index is 2.01. The van der Waals surface area contributed by atoms with Crippen LogP contribution < -0.4 is 10.5 Å². The zero-order valence-electron chi connectivity index (χ0n) is 15.4. The topological polar surface area (TPSA) is 60.4 Å². The number of ether oxygens (including phenoxy) is 1. The Labute approximate surface area is 158 Å². The average molecular weight is 358 g/mol. The lowest BCUT2D eigenvalue weighted by molar-refractivity contribution is 0.280. The standard InChI is InChI=1S/C23H22N2O2/c1-15-18(7-5-8-21(15)24)20-13-25(23-9-4-3-6-19(20)23)22-11-10-17(27-2)12-16(22)14-26/h3-13,26H,14,24H2,1-2H3. The summed E-state index contributed by atoms with van der Waals surface area (Å²) in [4.78, 5) is 0. The number of nitrogens with zero attached hydrogens (tertiary/aromatic N) is 1. The van der Waals surface area contributed by atoms with Crippen molar-refractivity contribution in [2.45, 2.75) is 13.5 Å². The molecule has 0 aliphatic carbocycles. The van der Waals surface area contributed by atoms with E-state index < -0.39 is 0 Å². The summed E-state index contributed by atoms with van der Waals surface area (Å²) in [5.74, 6) is 0.728. The number of fused-ring (bicyclic) bond motifs is 1. The molecule has 0 bridgehead atoms. The summed E-state index contributed by atoms with van der Waals surface area (Å²) in [6.07, 6.45) is 2.12. The number of hydrogen-bond acceptors (Lipinski definition) is 3. The van der Waals surface area contributed by atoms with Gasteiger partial charge in [-0.25, -0.2) is 0 Å². The first-order valence-electron chi connectivity index (χ1n) is 8.87. The van der Waals surface area contributed by atoms with E-state index in [1.807, 2.05) is 49.4 Å². The van der Waals surface area contributed by atoms with E-state index in [0.717, 1.165) is 50.3 Å². The minimum absolute atomic E-state index is 0.0638. The Kier molecular flexibility index (Phi) is 4.34. The summed E-state index contributed by atoms with van der Waals surface area (Å²) in [5.41, 5.74) is 13.1. The Hall–Kier alpha value is -3.24. The van der Waals surface area contributed by atoms with Crippen molar-refractivity contribution in [1.29, 1.82) is 0 Å². The van der Waals surface area contributed by atoms with E-state index in [1.54, 1.807) is 7.11 Å². The molecule has 1 aromatic heterocycles. The Morgan fingerprint density at radius 3 is 2.59 bits per heavy atom. The van der Waals surface area contributed by atoms with Crippen LogP contribution in [0.1, 0.15) is 11.1 Å². The van der Waals surface area contributed by atoms with Crippen LogP contribution in [-0.4, -0.2) is 16.8 Å². The van der Waals surface area contributed by atoms with Crippen molar-refractivity contribution >= 4 is 16.6 Å². The van der Waals surface area contributed by atoms with Gasteiger partial charge in [0.1, 0.15) is 5.75 Å². The van der Waals surface area contributed by atoms with Crippen LogP contribution in [0, 0.1) is 6.92 Å². The van der Waals surface area contributed by atoms with Gasteiger partial charge >= 0.3 is 0 Å². The average Bonchev–Trinajstić information content (AvgIpc) is 3.09. The highest BCUT2D eigenvalue weighted by molar-refractivity contribution is 5.98. The van der Waals surface area contributed by atoms with Gasteiger partial charge in [0.05, 0.1) is 24.9 Å². The number of methoxy groups -OCH3 is 1. The SMILES string of the molecule is COc1ccc(-n2cc(-c3cccc(N)c3C)c3ccccc32)c(CO)c1. The number of hydrogen-bond donors (Lipinski definition) is 2. The molecule has 0 atom stereocenters. The molecule has 3 N–H and O–H groups in total. The largest absolute Gasteiger partial charge is 0.497 e. The fourth-order valence-corrected chi connectivity index (χ4v) is 3.59. The van der Waals surface area contributed by atoms with Gasteiger partial charge in [-0.3, -0.25) is 0 Å². The summed E-state index contributed by atoms with van der Waals surface area (Å²) in [6.45, 7) is 1.98. The van der Waals surface area contributed by atoms with Crippen molar-refractivity contribution in [3.8, 4) is 22.6 Å². The van der Waals surface area contributed by atoms with E-state index in [0.29, 0.717) is 0 Å². The first-order chi connectivity index (χ1) is 13.1. The molecular weight excluding hydrogens is 336 g/mol. The number of anilines is 1. The lowest BCUT2D eigenvalue weighted by atomic mass is 9.99. The maximum atomic E-state index is 9.89. The van der Waals surface area contributed by atoms with Gasteiger partial charge in [-0.1, -0.05) is 30.3 Å². The molecule has 136 valence electrons. The van der Waals surface area contributed by atoms with E-state index in [2.05, 4.69) is 29.0 Å². The van der Waals surface area contributed by atoms with Crippen molar-refractivity contribution in [2.75, 3.05) is 12.8 Å². The van der Waals surface area contributed by atoms with Crippen molar-refractivity contribution in [2.24, 2.45) is 0 Å². The first kappa shape index (κ1) is 17.2. The summed E-state index contributed by atoms with van der Waals surface area (Å²) in [6, 6.07) is 20.0. The second-order valence-electron chi connectivity index (χ2n) is 6.60. The maximum absolute atomic E-state index is 9.89. The van der Waals surface area contributed by atoms with Crippen LogP contribution in [0.25, 0.3) is 27.7 Å². The molecule has 0 unspecified atom stereocenters. The Morgan fingerprint density at radius 1 is 1.00 bits per heavy atom. The Morgan fingerprint density at radius 2 is 1.81 bits per heavy atom. The van der Waals surface area contributed by atoms with Crippen LogP contribution in [0.5, 0.6) is 5.75 Å². The van der Waals surface area contributed by atoms with Crippen molar-refractivity contribution in [3.63, 3.8) is 0 Å². The van der Waals surface area contributed by atoms with E-state index in [4.69, 9.17) is 10.5 Å². The molecule has 0 amide bonds. The predicted molar refractivity (Wildman–Crippen MR) is 110 cm³/mol. The highest BCUT2D eigenvalue weighted by Crippen LogP contribution is 2.36. The van der Waals surface area contributed by atoms with Crippen LogP contribution in [0.2, 0.25) is 0 Å². The quantitative estimate of drug-likeness (QED) is 0.520. The number of para-hydroxylation sites is 1. The van der Waals surface area contributed by atoms with Crippen LogP contribution >= 0.6 is 0 Å². The minimum atomic E-state index is -0.0638. The molecule has 4 heteroatoms. The number of nitrogen functional groups attached to an aromatic ring is 1. The molecule has 4 aromatic rings. The second-order valence-corrected chi connectivity index (χ2v) is 6.60. The lowest BCUT2D eigenvalue weighted by Crippen LogP contribution is -1.99. The van der Waals surface area contributed by atoms with Gasteiger partial charge in [-0.2, -0.15) is 0 Å². The van der Waals surface area contributed by atoms with Crippen LogP contribution in [0.4, 0.5) is 5.69 Å². The minimum Gasteiger partial charge on any atom is -0.497 e. The summed E-state index contributed by atoms with van der Waals surface area (Å²) in [5, 5.41) is 11.0. The van der Waals surface area contributed by atoms with Crippen molar-refractivity contribution < 1.29 is 9.84 Å². The molecule has 0 saturated heterocycles. The molecule has 0 saturated carbocycles. The molecule has 1 heterocycles. The number of aliphatic hydroxyl groups is 1. The first-order valence-corrected chi connectivity index (χ1v) is 8.87. The van der Waals surface area contributed by atoms with Gasteiger partial charge < -0.3 is 20.1 Å². The molecule has 3 aromatic carbocycles. The van der Waals surface area contributed by atoms with Crippen molar-refractivity contribution in [1.82, 2.24) is 4.57 Å². The van der Waals surface area contributed by atoms with Gasteiger partial charge in [0.2, 0.25) is 0 Å². The predicted octanol–water partition coefficient (Wildman–Crippen LogP) is 4.69. The highest BCUT2D eigenvalue weighted by atomic mass is 16.5. The van der Waals surface area contributed by atoms with Crippen LogP contribution in [-0.2, 0) is 6.61 Å². The molecule has 27 heavy (non-hydrogen) atoms. The third kappa shape index (κ3) is 2.84. The van der Waals surface area contributed by atoms with Crippen molar-refractivity contribution in [3.05, 3.63) is 78.0 Å². The number of aliphatic hydroxyl groups excluding tert-OH is 1. The second kappa shape index (κ2) is 6.82. The molecule has 0 aliphatic rings. The van der Waals surface area contributed by atoms with E-state index >= 15 is 0 Å². The number of aromatic nitrogens is 1. The number of rotatable bonds is 4. The normalized spacial score (nSPS) is 11.1. The van der Waals surface area contributed by atoms with Gasteiger partial charge in [-0.05, 0) is 48.4 Å². The summed E-state index contributed by atoms with van der Waals surface area (Å²) in [7, 11) is 1.63. The van der Waals surface area contributed by atoms with Gasteiger partial charge in [-0.15, -0.1) is 0 Å². The van der Waals surface area contributed by atoms with E-state index in [-0.39, 0.29) is 6.61 Å². The van der Waals surface area contributed by atoms with Gasteiger partial charge in [0.25, 0.3) is 0 Å². The third-order valence-electron chi connectivity index (χ3n) is 5.09. The number of nitrogens with two attached hydrogens (primary N) is 1. The molecule has 0 spiro atoms. The molecule has 4 rings (SSSR count). The highest BCUT2D eigenvalue weighted by Gasteiger charge is 2.15.